The number of carbonyl (C=O) groups excluding carboxylic acids is 1. The Morgan fingerprint density at radius 3 is 2.40 bits per heavy atom. The van der Waals surface area contributed by atoms with Crippen LogP contribution < -0.4 is 15.8 Å². The number of piperidine rings is 1. The Morgan fingerprint density at radius 1 is 1.10 bits per heavy atom. The molecule has 1 aliphatic rings. The highest BCUT2D eigenvalue weighted by molar-refractivity contribution is 6.31. The molecule has 0 radical (unpaired) electrons. The molecule has 0 bridgehead atoms. The minimum Gasteiger partial charge on any atom is -0.490 e. The summed E-state index contributed by atoms with van der Waals surface area (Å²) >= 11 is 6.16. The van der Waals surface area contributed by atoms with Crippen molar-refractivity contribution < 1.29 is 27.8 Å². The van der Waals surface area contributed by atoms with E-state index in [0.29, 0.717) is 59.1 Å². The van der Waals surface area contributed by atoms with Gasteiger partial charge in [-0.25, -0.2) is 0 Å². The first-order valence-electron chi connectivity index (χ1n) is 12.8. The van der Waals surface area contributed by atoms with E-state index >= 15 is 0 Å². The van der Waals surface area contributed by atoms with Gasteiger partial charge in [0.1, 0.15) is 11.9 Å². The number of carbonyl (C=O) groups is 1. The average Bonchev–Trinajstić information content (AvgIpc) is 2.93. The normalized spacial score (nSPS) is 15.4. The van der Waals surface area contributed by atoms with Gasteiger partial charge in [0.2, 0.25) is 0 Å². The lowest BCUT2D eigenvalue weighted by Crippen LogP contribution is -2.45. The van der Waals surface area contributed by atoms with Crippen LogP contribution in [0.5, 0.6) is 5.75 Å². The number of aliphatic hydroxyl groups excluding tert-OH is 1. The molecule has 212 valence electrons. The van der Waals surface area contributed by atoms with E-state index in [1.165, 1.54) is 0 Å². The van der Waals surface area contributed by atoms with Gasteiger partial charge in [-0.2, -0.15) is 13.2 Å². The van der Waals surface area contributed by atoms with Gasteiger partial charge >= 0.3 is 6.18 Å². The second-order valence-corrected chi connectivity index (χ2v) is 10.1. The molecule has 3 aromatic carbocycles. The highest BCUT2D eigenvalue weighted by Gasteiger charge is 2.39. The number of rotatable bonds is 9. The van der Waals surface area contributed by atoms with E-state index in [2.05, 4.69) is 5.32 Å². The van der Waals surface area contributed by atoms with Crippen LogP contribution in [0.4, 0.5) is 18.9 Å². The molecular weight excluding hydrogens is 545 g/mol. The van der Waals surface area contributed by atoms with Gasteiger partial charge in [0.05, 0.1) is 5.71 Å². The minimum absolute atomic E-state index is 0.140. The number of aliphatic hydroxyl groups is 1. The highest BCUT2D eigenvalue weighted by atomic mass is 35.5. The first-order chi connectivity index (χ1) is 19.0. The van der Waals surface area contributed by atoms with Crippen molar-refractivity contribution in [2.45, 2.75) is 37.8 Å². The number of halogens is 4. The van der Waals surface area contributed by atoms with Crippen molar-refractivity contribution in [2.75, 3.05) is 25.4 Å². The molecule has 4 rings (SSSR count). The van der Waals surface area contributed by atoms with E-state index in [1.807, 2.05) is 18.2 Å². The molecule has 1 unspecified atom stereocenters. The van der Waals surface area contributed by atoms with Gasteiger partial charge < -0.3 is 25.8 Å². The lowest BCUT2D eigenvalue weighted by molar-refractivity contribution is -0.208. The summed E-state index contributed by atoms with van der Waals surface area (Å²) in [6.07, 6.45) is -6.08. The fraction of sp³-hybridized carbons (Fsp3) is 0.310. The average molecular weight is 575 g/mol. The molecule has 1 aliphatic heterocycles. The zero-order valence-electron chi connectivity index (χ0n) is 21.5. The van der Waals surface area contributed by atoms with Gasteiger partial charge in [-0.1, -0.05) is 29.8 Å². The third-order valence-corrected chi connectivity index (χ3v) is 7.14. The maximum Gasteiger partial charge on any atom is 0.415 e. The predicted octanol–water partition coefficient (Wildman–Crippen LogP) is 5.03. The zero-order chi connectivity index (χ0) is 28.9. The number of nitrogens with one attached hydrogen (secondary N) is 2. The Kier molecular flexibility index (Phi) is 9.34. The number of alkyl halides is 3. The van der Waals surface area contributed by atoms with Gasteiger partial charge in [0.15, 0.2) is 6.10 Å². The van der Waals surface area contributed by atoms with Gasteiger partial charge in [-0.05, 0) is 66.9 Å². The predicted molar refractivity (Wildman–Crippen MR) is 148 cm³/mol. The van der Waals surface area contributed by atoms with Gasteiger partial charge in [0.25, 0.3) is 5.91 Å². The summed E-state index contributed by atoms with van der Waals surface area (Å²) in [5, 5.41) is 21.3. The fourth-order valence-electron chi connectivity index (χ4n) is 4.44. The Hall–Kier alpha value is -3.60. The minimum atomic E-state index is -4.63. The summed E-state index contributed by atoms with van der Waals surface area (Å²) in [7, 11) is 0. The standard InChI is InChI=1S/C29H30ClF3N4O3/c30-24-4-2-1-3-20(24)16-36-28(39)19-7-10-25(34)23(15-19)27(35)18-5-8-21(9-6-18)40-22-11-13-37(14-12-22)17-26(38)29(31,32)33/h1-10,15,22,26,35,38H,11-14,16-17,34H2,(H,36,39). The van der Waals surface area contributed by atoms with Crippen molar-refractivity contribution in [3.05, 3.63) is 94.0 Å². The van der Waals surface area contributed by atoms with Crippen LogP contribution in [-0.2, 0) is 6.54 Å². The van der Waals surface area contributed by atoms with E-state index in [-0.39, 0.29) is 24.3 Å². The Balaban J connectivity index is 1.34. The number of nitrogen functional groups attached to an aromatic ring is 1. The van der Waals surface area contributed by atoms with Crippen LogP contribution in [0, 0.1) is 5.41 Å². The number of amides is 1. The molecule has 5 N–H and O–H groups in total. The Morgan fingerprint density at radius 2 is 1.75 bits per heavy atom. The number of hydrogen-bond acceptors (Lipinski definition) is 6. The largest absolute Gasteiger partial charge is 0.490 e. The number of nitrogens with zero attached hydrogens (tertiary/aromatic N) is 1. The summed E-state index contributed by atoms with van der Waals surface area (Å²) in [4.78, 5) is 14.3. The van der Waals surface area contributed by atoms with Crippen molar-refractivity contribution in [1.29, 1.82) is 5.41 Å². The van der Waals surface area contributed by atoms with Crippen molar-refractivity contribution >= 4 is 28.9 Å². The third kappa shape index (κ3) is 7.53. The van der Waals surface area contributed by atoms with E-state index in [4.69, 9.17) is 27.5 Å². The van der Waals surface area contributed by atoms with Crippen LogP contribution in [0.15, 0.2) is 66.7 Å². The van der Waals surface area contributed by atoms with E-state index in [0.717, 1.165) is 5.56 Å². The number of anilines is 1. The van der Waals surface area contributed by atoms with Crippen LogP contribution >= 0.6 is 11.6 Å². The maximum absolute atomic E-state index is 12.8. The van der Waals surface area contributed by atoms with Crippen LogP contribution in [-0.4, -0.2) is 59.6 Å². The molecule has 0 spiro atoms. The van der Waals surface area contributed by atoms with Crippen molar-refractivity contribution in [3.63, 3.8) is 0 Å². The topological polar surface area (TPSA) is 112 Å². The zero-order valence-corrected chi connectivity index (χ0v) is 22.3. The number of benzene rings is 3. The monoisotopic (exact) mass is 574 g/mol. The summed E-state index contributed by atoms with van der Waals surface area (Å²) < 4.78 is 43.8. The van der Waals surface area contributed by atoms with Crippen LogP contribution in [0.1, 0.15) is 39.9 Å². The number of nitrogens with two attached hydrogens (primary N) is 1. The lowest BCUT2D eigenvalue weighted by Gasteiger charge is -2.33. The van der Waals surface area contributed by atoms with E-state index < -0.39 is 18.8 Å². The molecule has 1 saturated heterocycles. The molecule has 1 atom stereocenters. The molecule has 0 aliphatic carbocycles. The summed E-state index contributed by atoms with van der Waals surface area (Å²) in [6.45, 7) is 0.594. The number of hydrogen-bond donors (Lipinski definition) is 4. The first kappa shape index (κ1) is 29.4. The molecule has 7 nitrogen and oxygen atoms in total. The molecule has 1 heterocycles. The first-order valence-corrected chi connectivity index (χ1v) is 13.1. The van der Waals surface area contributed by atoms with Crippen molar-refractivity contribution in [1.82, 2.24) is 10.2 Å². The molecule has 0 aromatic heterocycles. The Labute approximate surface area is 235 Å². The lowest BCUT2D eigenvalue weighted by atomic mass is 9.98. The molecule has 11 heteroatoms. The molecule has 1 fully saturated rings. The highest BCUT2D eigenvalue weighted by Crippen LogP contribution is 2.25. The molecule has 0 saturated carbocycles. The molecule has 3 aromatic rings. The SMILES string of the molecule is N=C(c1ccc(OC2CCN(CC(O)C(F)(F)F)CC2)cc1)c1cc(C(=O)NCc2ccccc2Cl)ccc1N. The third-order valence-electron chi connectivity index (χ3n) is 6.77. The second-order valence-electron chi connectivity index (χ2n) is 9.65. The van der Waals surface area contributed by atoms with Crippen molar-refractivity contribution in [2.24, 2.45) is 0 Å². The Bertz CT molecular complexity index is 1340. The van der Waals surface area contributed by atoms with Crippen LogP contribution in [0.25, 0.3) is 0 Å². The number of β-amino-alcohol motifs (C(OH)–C–C–N with tert-alkyl or cyclic N) is 1. The number of ether oxygens (including phenoxy) is 1. The van der Waals surface area contributed by atoms with Crippen LogP contribution in [0.3, 0.4) is 0 Å². The molecular formula is C29H30ClF3N4O3. The van der Waals surface area contributed by atoms with Crippen molar-refractivity contribution in [3.8, 4) is 5.75 Å². The van der Waals surface area contributed by atoms with E-state index in [1.54, 1.807) is 53.4 Å². The van der Waals surface area contributed by atoms with Gasteiger partial charge in [0, 0.05) is 53.6 Å². The van der Waals surface area contributed by atoms with Gasteiger partial charge in [-0.15, -0.1) is 0 Å². The molecule has 1 amide bonds. The summed E-state index contributed by atoms with van der Waals surface area (Å²) in [5.41, 5.74) is 8.76. The quantitative estimate of drug-likeness (QED) is 0.211. The summed E-state index contributed by atoms with van der Waals surface area (Å²) in [6, 6.07) is 18.9. The van der Waals surface area contributed by atoms with E-state index in [9.17, 15) is 23.1 Å². The number of likely N-dealkylation sites (tertiary alicyclic amines) is 1. The van der Waals surface area contributed by atoms with Gasteiger partial charge in [-0.3, -0.25) is 10.2 Å². The molecule has 40 heavy (non-hydrogen) atoms. The second kappa shape index (κ2) is 12.7. The van der Waals surface area contributed by atoms with Crippen LogP contribution in [0.2, 0.25) is 5.02 Å². The smallest absolute Gasteiger partial charge is 0.415 e. The fourth-order valence-corrected chi connectivity index (χ4v) is 4.64. The summed E-state index contributed by atoms with van der Waals surface area (Å²) in [5.74, 6) is 0.252. The maximum atomic E-state index is 12.8.